The van der Waals surface area contributed by atoms with Gasteiger partial charge in [0.05, 0.1) is 18.1 Å². The predicted molar refractivity (Wildman–Crippen MR) is 119 cm³/mol. The molecule has 32 heavy (non-hydrogen) atoms. The van der Waals surface area contributed by atoms with E-state index < -0.39 is 23.5 Å². The number of aliphatic hydroxyl groups excluding tert-OH is 1. The number of furan rings is 2. The van der Waals surface area contributed by atoms with Gasteiger partial charge >= 0.3 is 0 Å². The predicted octanol–water partition coefficient (Wildman–Crippen LogP) is 4.89. The van der Waals surface area contributed by atoms with Crippen molar-refractivity contribution in [3.8, 4) is 0 Å². The number of nitrogens with zero attached hydrogens (tertiary/aromatic N) is 2. The van der Waals surface area contributed by atoms with Crippen molar-refractivity contribution in [3.05, 3.63) is 83.9 Å². The summed E-state index contributed by atoms with van der Waals surface area (Å²) in [4.78, 5) is 29.9. The zero-order valence-electron chi connectivity index (χ0n) is 17.7. The number of ketones is 1. The van der Waals surface area contributed by atoms with Gasteiger partial charge in [0.2, 0.25) is 5.78 Å². The molecule has 2 aromatic heterocycles. The minimum Gasteiger partial charge on any atom is -0.503 e. The van der Waals surface area contributed by atoms with Gasteiger partial charge in [0.25, 0.3) is 5.91 Å². The van der Waals surface area contributed by atoms with Gasteiger partial charge in [0.1, 0.15) is 11.8 Å². The van der Waals surface area contributed by atoms with Crippen molar-refractivity contribution in [2.45, 2.75) is 25.8 Å². The summed E-state index contributed by atoms with van der Waals surface area (Å²) in [5.74, 6) is -0.633. The van der Waals surface area contributed by atoms with Crippen molar-refractivity contribution < 1.29 is 23.5 Å². The fourth-order valence-electron chi connectivity index (χ4n) is 4.45. The summed E-state index contributed by atoms with van der Waals surface area (Å²) in [6, 6.07) is 13.2. The Kier molecular flexibility index (Phi) is 5.09. The van der Waals surface area contributed by atoms with E-state index >= 15 is 0 Å². The van der Waals surface area contributed by atoms with Crippen LogP contribution in [0.4, 0.5) is 11.4 Å². The van der Waals surface area contributed by atoms with Gasteiger partial charge in [-0.2, -0.15) is 0 Å². The molecule has 0 spiro atoms. The highest BCUT2D eigenvalue weighted by molar-refractivity contribution is 6.20. The van der Waals surface area contributed by atoms with Crippen molar-refractivity contribution in [1.82, 2.24) is 0 Å². The molecule has 1 aromatic carbocycles. The smallest absolute Gasteiger partial charge is 0.294 e. The molecule has 1 atom stereocenters. The van der Waals surface area contributed by atoms with Gasteiger partial charge in [-0.25, -0.2) is 0 Å². The molecule has 0 saturated carbocycles. The minimum atomic E-state index is -0.892. The van der Waals surface area contributed by atoms with Crippen molar-refractivity contribution >= 4 is 23.1 Å². The van der Waals surface area contributed by atoms with Crippen LogP contribution in [0.25, 0.3) is 0 Å². The molecule has 3 aromatic rings. The van der Waals surface area contributed by atoms with Crippen LogP contribution in [-0.4, -0.2) is 29.9 Å². The summed E-state index contributed by atoms with van der Waals surface area (Å²) < 4.78 is 10.8. The Balaban J connectivity index is 1.49. The Morgan fingerprint density at radius 3 is 2.25 bits per heavy atom. The van der Waals surface area contributed by atoms with Crippen LogP contribution in [0.1, 0.15) is 42.1 Å². The van der Waals surface area contributed by atoms with Crippen molar-refractivity contribution in [1.29, 1.82) is 0 Å². The third-order valence-electron chi connectivity index (χ3n) is 6.29. The topological polar surface area (TPSA) is 87.1 Å². The number of hydrogen-bond donors (Lipinski definition) is 1. The Hall–Kier alpha value is -3.74. The fourth-order valence-corrected chi connectivity index (χ4v) is 4.45. The first kappa shape index (κ1) is 20.2. The standard InChI is InChI=1S/C25H24N2O5/c1-16-10-12-26(13-11-16)17-6-8-18(9-7-17)27-22(19-4-2-14-31-19)21(24(29)25(27)30)23(28)20-5-3-15-32-20/h2-9,14-16,22,29H,10-13H2,1H3. The Labute approximate surface area is 185 Å². The van der Waals surface area contributed by atoms with Crippen LogP contribution in [0.5, 0.6) is 0 Å². The lowest BCUT2D eigenvalue weighted by Gasteiger charge is -2.32. The van der Waals surface area contributed by atoms with Crippen LogP contribution in [-0.2, 0) is 4.79 Å². The summed E-state index contributed by atoms with van der Waals surface area (Å²) in [5.41, 5.74) is 1.60. The SMILES string of the molecule is CC1CCN(c2ccc(N3C(=O)C(O)=C(C(=O)c4ccco4)C3c3ccco3)cc2)CC1. The van der Waals surface area contributed by atoms with E-state index in [-0.39, 0.29) is 11.3 Å². The highest BCUT2D eigenvalue weighted by Crippen LogP contribution is 2.42. The maximum Gasteiger partial charge on any atom is 0.294 e. The summed E-state index contributed by atoms with van der Waals surface area (Å²) in [5, 5.41) is 10.7. The number of benzene rings is 1. The van der Waals surface area contributed by atoms with Gasteiger partial charge in [-0.3, -0.25) is 14.5 Å². The number of Topliss-reactive ketones (excluding diaryl/α,β-unsaturated/α-hetero) is 1. The molecule has 1 N–H and O–H groups in total. The van der Waals surface area contributed by atoms with Crippen LogP contribution >= 0.6 is 0 Å². The van der Waals surface area contributed by atoms with Crippen LogP contribution < -0.4 is 9.80 Å². The Morgan fingerprint density at radius 1 is 0.969 bits per heavy atom. The van der Waals surface area contributed by atoms with Crippen LogP contribution in [0.3, 0.4) is 0 Å². The Morgan fingerprint density at radius 2 is 1.62 bits per heavy atom. The zero-order valence-corrected chi connectivity index (χ0v) is 17.7. The lowest BCUT2D eigenvalue weighted by Crippen LogP contribution is -2.33. The molecule has 1 amide bonds. The molecule has 7 heteroatoms. The number of amides is 1. The summed E-state index contributed by atoms with van der Waals surface area (Å²) in [6.07, 6.45) is 5.16. The van der Waals surface area contributed by atoms with Crippen LogP contribution in [0, 0.1) is 5.92 Å². The molecule has 7 nitrogen and oxygen atoms in total. The number of piperidine rings is 1. The molecule has 2 aliphatic heterocycles. The second-order valence-corrected chi connectivity index (χ2v) is 8.35. The summed E-state index contributed by atoms with van der Waals surface area (Å²) >= 11 is 0. The van der Waals surface area contributed by atoms with Crippen molar-refractivity contribution in [3.63, 3.8) is 0 Å². The van der Waals surface area contributed by atoms with E-state index in [2.05, 4.69) is 11.8 Å². The van der Waals surface area contributed by atoms with E-state index in [0.29, 0.717) is 11.4 Å². The highest BCUT2D eigenvalue weighted by atomic mass is 16.3. The summed E-state index contributed by atoms with van der Waals surface area (Å²) in [7, 11) is 0. The number of aliphatic hydroxyl groups is 1. The fraction of sp³-hybridized carbons (Fsp3) is 0.280. The van der Waals surface area contributed by atoms with Crippen LogP contribution in [0.2, 0.25) is 0 Å². The summed E-state index contributed by atoms with van der Waals surface area (Å²) in [6.45, 7) is 4.28. The number of hydrogen-bond acceptors (Lipinski definition) is 6. The first-order chi connectivity index (χ1) is 15.5. The zero-order chi connectivity index (χ0) is 22.2. The molecule has 164 valence electrons. The lowest BCUT2D eigenvalue weighted by molar-refractivity contribution is -0.117. The van der Waals surface area contributed by atoms with Gasteiger partial charge in [-0.15, -0.1) is 0 Å². The lowest BCUT2D eigenvalue weighted by atomic mass is 9.98. The first-order valence-corrected chi connectivity index (χ1v) is 10.8. The second kappa shape index (κ2) is 8.07. The van der Waals surface area contributed by atoms with E-state index in [1.54, 1.807) is 18.2 Å². The molecular formula is C25H24N2O5. The third-order valence-corrected chi connectivity index (χ3v) is 6.29. The monoisotopic (exact) mass is 432 g/mol. The van der Waals surface area contributed by atoms with Gasteiger partial charge < -0.3 is 18.8 Å². The second-order valence-electron chi connectivity index (χ2n) is 8.35. The molecule has 1 unspecified atom stereocenters. The van der Waals surface area contributed by atoms with Crippen molar-refractivity contribution in [2.75, 3.05) is 22.9 Å². The maximum atomic E-state index is 13.1. The number of carbonyl (C=O) groups is 2. The number of anilines is 2. The van der Waals surface area contributed by atoms with Gasteiger partial charge in [0, 0.05) is 24.5 Å². The highest BCUT2D eigenvalue weighted by Gasteiger charge is 2.46. The first-order valence-electron chi connectivity index (χ1n) is 10.8. The molecule has 0 aliphatic carbocycles. The molecule has 5 rings (SSSR count). The van der Waals surface area contributed by atoms with E-state index in [4.69, 9.17) is 8.83 Å². The molecule has 1 fully saturated rings. The Bertz CT molecular complexity index is 1140. The number of rotatable bonds is 5. The number of carbonyl (C=O) groups excluding carboxylic acids is 2. The molecule has 4 heterocycles. The average molecular weight is 432 g/mol. The van der Waals surface area contributed by atoms with Gasteiger partial charge in [0.15, 0.2) is 11.5 Å². The molecule has 1 saturated heterocycles. The molecule has 0 bridgehead atoms. The van der Waals surface area contributed by atoms with E-state index in [1.165, 1.54) is 23.5 Å². The van der Waals surface area contributed by atoms with E-state index in [9.17, 15) is 14.7 Å². The average Bonchev–Trinajstić information content (AvgIpc) is 3.57. The van der Waals surface area contributed by atoms with E-state index in [1.807, 2.05) is 24.3 Å². The third kappa shape index (κ3) is 3.39. The van der Waals surface area contributed by atoms with Gasteiger partial charge in [-0.05, 0) is 67.3 Å². The molecule has 2 aliphatic rings. The molecule has 0 radical (unpaired) electrons. The van der Waals surface area contributed by atoms with Crippen LogP contribution in [0.15, 0.2) is 81.2 Å². The van der Waals surface area contributed by atoms with Gasteiger partial charge in [-0.1, -0.05) is 6.92 Å². The molecular weight excluding hydrogens is 408 g/mol. The van der Waals surface area contributed by atoms with E-state index in [0.717, 1.165) is 37.5 Å². The van der Waals surface area contributed by atoms with Crippen molar-refractivity contribution in [2.24, 2.45) is 5.92 Å². The normalized spacial score (nSPS) is 19.8. The minimum absolute atomic E-state index is 0.0485. The quantitative estimate of drug-likeness (QED) is 0.578. The maximum absolute atomic E-state index is 13.1. The largest absolute Gasteiger partial charge is 0.503 e.